The van der Waals surface area contributed by atoms with Crippen LogP contribution < -0.4 is 10.1 Å². The van der Waals surface area contributed by atoms with Crippen LogP contribution in [0.15, 0.2) is 35.3 Å². The molecule has 0 aliphatic heterocycles. The molecule has 2 rings (SSSR count). The van der Waals surface area contributed by atoms with Gasteiger partial charge in [-0.05, 0) is 37.1 Å². The average Bonchev–Trinajstić information content (AvgIpc) is 2.40. The third-order valence-electron chi connectivity index (χ3n) is 3.40. The van der Waals surface area contributed by atoms with Crippen molar-refractivity contribution in [1.29, 1.82) is 0 Å². The average molecular weight is 320 g/mol. The summed E-state index contributed by atoms with van der Waals surface area (Å²) in [6.07, 6.45) is 1.86. The maximum atomic E-state index is 5.58. The zero-order chi connectivity index (χ0) is 14.0. The van der Waals surface area contributed by atoms with Gasteiger partial charge in [0, 0.05) is 27.5 Å². The molecule has 3 heteroatoms. The highest BCUT2D eigenvalue weighted by atomic mass is 79.9. The number of ether oxygens (including phenoxy) is 1. The van der Waals surface area contributed by atoms with E-state index in [1.807, 2.05) is 6.08 Å². The first-order valence-corrected chi connectivity index (χ1v) is 7.00. The molecule has 0 saturated heterocycles. The predicted molar refractivity (Wildman–Crippen MR) is 86.4 cm³/mol. The topological polar surface area (TPSA) is 21.3 Å². The molecule has 0 fully saturated rings. The fourth-order valence-electron chi connectivity index (χ4n) is 2.35. The van der Waals surface area contributed by atoms with E-state index in [2.05, 4.69) is 59.9 Å². The summed E-state index contributed by atoms with van der Waals surface area (Å²) in [6, 6.07) is 6.26. The van der Waals surface area contributed by atoms with E-state index in [1.165, 1.54) is 16.5 Å². The largest absolute Gasteiger partial charge is 0.496 e. The SMILES string of the molecule is C=CCNc1c(C)c(C)c(OC)c2cc(Br)ccc12. The van der Waals surface area contributed by atoms with Crippen molar-refractivity contribution in [2.45, 2.75) is 13.8 Å². The molecule has 0 aromatic heterocycles. The summed E-state index contributed by atoms with van der Waals surface area (Å²) in [7, 11) is 1.72. The van der Waals surface area contributed by atoms with E-state index < -0.39 is 0 Å². The molecule has 0 bridgehead atoms. The van der Waals surface area contributed by atoms with E-state index in [9.17, 15) is 0 Å². The Morgan fingerprint density at radius 3 is 2.63 bits per heavy atom. The monoisotopic (exact) mass is 319 g/mol. The van der Waals surface area contributed by atoms with Gasteiger partial charge in [-0.2, -0.15) is 0 Å². The van der Waals surface area contributed by atoms with Gasteiger partial charge in [-0.25, -0.2) is 0 Å². The third kappa shape index (κ3) is 2.47. The minimum Gasteiger partial charge on any atom is -0.496 e. The second-order valence-electron chi connectivity index (χ2n) is 4.52. The van der Waals surface area contributed by atoms with Gasteiger partial charge in [0.1, 0.15) is 5.75 Å². The second-order valence-corrected chi connectivity index (χ2v) is 5.43. The lowest BCUT2D eigenvalue weighted by Gasteiger charge is -2.18. The molecule has 1 N–H and O–H groups in total. The van der Waals surface area contributed by atoms with E-state index in [0.717, 1.165) is 27.8 Å². The van der Waals surface area contributed by atoms with Gasteiger partial charge >= 0.3 is 0 Å². The van der Waals surface area contributed by atoms with Crippen LogP contribution in [0.4, 0.5) is 5.69 Å². The quantitative estimate of drug-likeness (QED) is 0.815. The lowest BCUT2D eigenvalue weighted by molar-refractivity contribution is 0.416. The molecule has 0 heterocycles. The van der Waals surface area contributed by atoms with Crippen LogP contribution in [0.3, 0.4) is 0 Å². The summed E-state index contributed by atoms with van der Waals surface area (Å²) in [4.78, 5) is 0. The van der Waals surface area contributed by atoms with Gasteiger partial charge in [-0.3, -0.25) is 0 Å². The van der Waals surface area contributed by atoms with Crippen molar-refractivity contribution in [2.24, 2.45) is 0 Å². The number of methoxy groups -OCH3 is 1. The van der Waals surface area contributed by atoms with Crippen LogP contribution in [-0.2, 0) is 0 Å². The van der Waals surface area contributed by atoms with Gasteiger partial charge in [-0.15, -0.1) is 6.58 Å². The Kier molecular flexibility index (Phi) is 4.15. The van der Waals surface area contributed by atoms with Gasteiger partial charge in [0.05, 0.1) is 7.11 Å². The van der Waals surface area contributed by atoms with Crippen LogP contribution in [-0.4, -0.2) is 13.7 Å². The smallest absolute Gasteiger partial charge is 0.130 e. The van der Waals surface area contributed by atoms with Gasteiger partial charge in [0.15, 0.2) is 0 Å². The summed E-state index contributed by atoms with van der Waals surface area (Å²) >= 11 is 3.52. The van der Waals surface area contributed by atoms with Crippen LogP contribution in [0.2, 0.25) is 0 Å². The fourth-order valence-corrected chi connectivity index (χ4v) is 2.71. The van der Waals surface area contributed by atoms with Crippen LogP contribution in [0, 0.1) is 13.8 Å². The van der Waals surface area contributed by atoms with Crippen molar-refractivity contribution in [2.75, 3.05) is 19.0 Å². The summed E-state index contributed by atoms with van der Waals surface area (Å²) < 4.78 is 6.64. The van der Waals surface area contributed by atoms with Crippen molar-refractivity contribution in [3.63, 3.8) is 0 Å². The number of halogens is 1. The first-order valence-electron chi connectivity index (χ1n) is 6.21. The summed E-state index contributed by atoms with van der Waals surface area (Å²) in [5, 5.41) is 5.72. The zero-order valence-electron chi connectivity index (χ0n) is 11.5. The van der Waals surface area contributed by atoms with Crippen LogP contribution >= 0.6 is 15.9 Å². The van der Waals surface area contributed by atoms with E-state index >= 15 is 0 Å². The van der Waals surface area contributed by atoms with Crippen LogP contribution in [0.5, 0.6) is 5.75 Å². The summed E-state index contributed by atoms with van der Waals surface area (Å²) in [5.74, 6) is 0.943. The van der Waals surface area contributed by atoms with Gasteiger partial charge in [0.25, 0.3) is 0 Å². The Hall–Kier alpha value is -1.48. The Morgan fingerprint density at radius 1 is 1.26 bits per heavy atom. The predicted octanol–water partition coefficient (Wildman–Crippen LogP) is 4.83. The number of hydrogen-bond donors (Lipinski definition) is 1. The number of hydrogen-bond acceptors (Lipinski definition) is 2. The van der Waals surface area contributed by atoms with Gasteiger partial charge in [-0.1, -0.05) is 28.1 Å². The Morgan fingerprint density at radius 2 is 2.00 bits per heavy atom. The first kappa shape index (κ1) is 13.9. The molecule has 0 radical (unpaired) electrons. The third-order valence-corrected chi connectivity index (χ3v) is 3.89. The van der Waals surface area contributed by atoms with Crippen molar-refractivity contribution >= 4 is 32.4 Å². The fraction of sp³-hybridized carbons (Fsp3) is 0.250. The molecule has 2 nitrogen and oxygen atoms in total. The molecule has 0 atom stereocenters. The molecule has 2 aromatic carbocycles. The van der Waals surface area contributed by atoms with Crippen molar-refractivity contribution in [1.82, 2.24) is 0 Å². The van der Waals surface area contributed by atoms with E-state index in [4.69, 9.17) is 4.74 Å². The second kappa shape index (κ2) is 5.66. The van der Waals surface area contributed by atoms with Crippen LogP contribution in [0.1, 0.15) is 11.1 Å². The van der Waals surface area contributed by atoms with Crippen molar-refractivity contribution < 1.29 is 4.74 Å². The Balaban J connectivity index is 2.80. The van der Waals surface area contributed by atoms with Gasteiger partial charge < -0.3 is 10.1 Å². The van der Waals surface area contributed by atoms with Crippen molar-refractivity contribution in [3.8, 4) is 5.75 Å². The molecule has 100 valence electrons. The number of rotatable bonds is 4. The lowest BCUT2D eigenvalue weighted by Crippen LogP contribution is -2.03. The summed E-state index contributed by atoms with van der Waals surface area (Å²) in [5.41, 5.74) is 3.54. The number of fused-ring (bicyclic) bond motifs is 1. The van der Waals surface area contributed by atoms with Crippen LogP contribution in [0.25, 0.3) is 10.8 Å². The van der Waals surface area contributed by atoms with Gasteiger partial charge in [0.2, 0.25) is 0 Å². The lowest BCUT2D eigenvalue weighted by atomic mass is 9.98. The molecule has 0 aliphatic carbocycles. The maximum Gasteiger partial charge on any atom is 0.130 e. The Bertz CT molecular complexity index is 634. The molecule has 0 amide bonds. The standard InChI is InChI=1S/C16H18BrNO/c1-5-8-18-15-10(2)11(3)16(19-4)14-9-12(17)6-7-13(14)15/h5-7,9,18H,1,8H2,2-4H3. The zero-order valence-corrected chi connectivity index (χ0v) is 13.1. The van der Waals surface area contributed by atoms with E-state index in [1.54, 1.807) is 7.11 Å². The molecular weight excluding hydrogens is 302 g/mol. The number of benzene rings is 2. The molecule has 0 unspecified atom stereocenters. The highest BCUT2D eigenvalue weighted by molar-refractivity contribution is 9.10. The molecule has 0 saturated carbocycles. The van der Waals surface area contributed by atoms with E-state index in [-0.39, 0.29) is 0 Å². The highest BCUT2D eigenvalue weighted by Crippen LogP contribution is 2.39. The molecule has 2 aromatic rings. The van der Waals surface area contributed by atoms with E-state index in [0.29, 0.717) is 0 Å². The molecule has 0 spiro atoms. The molecular formula is C16H18BrNO. The molecule has 0 aliphatic rings. The number of anilines is 1. The first-order chi connectivity index (χ1) is 9.10. The maximum absolute atomic E-state index is 5.58. The number of nitrogens with one attached hydrogen (secondary N) is 1. The molecule has 19 heavy (non-hydrogen) atoms. The minimum atomic E-state index is 0.748. The summed E-state index contributed by atoms with van der Waals surface area (Å²) in [6.45, 7) is 8.72. The minimum absolute atomic E-state index is 0.748. The normalized spacial score (nSPS) is 10.5. The Labute approximate surface area is 122 Å². The van der Waals surface area contributed by atoms with Crippen molar-refractivity contribution in [3.05, 3.63) is 46.5 Å². The highest BCUT2D eigenvalue weighted by Gasteiger charge is 2.14.